The van der Waals surface area contributed by atoms with Crippen LogP contribution in [0, 0.1) is 9.49 Å². The van der Waals surface area contributed by atoms with Crippen LogP contribution >= 0.6 is 38.5 Å². The number of carbonyl (C=O) groups is 2. The summed E-state index contributed by atoms with van der Waals surface area (Å²) >= 11 is 5.51. The minimum atomic E-state index is -0.813. The Labute approximate surface area is 132 Å². The van der Waals surface area contributed by atoms with Gasteiger partial charge in [-0.2, -0.15) is 0 Å². The molecule has 7 heteroatoms. The van der Waals surface area contributed by atoms with Gasteiger partial charge in [-0.3, -0.25) is 4.79 Å². The second kappa shape index (κ2) is 6.08. The van der Waals surface area contributed by atoms with Crippen molar-refractivity contribution in [1.82, 2.24) is 4.90 Å². The molecule has 1 fully saturated rings. The SMILES string of the molecule is O=C(O)CC1CN(C(=O)Nc2cc(Br)ccc2I)C1. The summed E-state index contributed by atoms with van der Waals surface area (Å²) < 4.78 is 1.85. The van der Waals surface area contributed by atoms with Crippen molar-refractivity contribution >= 4 is 56.2 Å². The van der Waals surface area contributed by atoms with Crippen LogP contribution in [0.1, 0.15) is 6.42 Å². The molecule has 0 radical (unpaired) electrons. The molecule has 2 rings (SSSR count). The van der Waals surface area contributed by atoms with Crippen LogP contribution in [-0.2, 0) is 4.79 Å². The van der Waals surface area contributed by atoms with E-state index in [2.05, 4.69) is 43.8 Å². The predicted molar refractivity (Wildman–Crippen MR) is 83.2 cm³/mol. The molecule has 0 aliphatic carbocycles. The quantitative estimate of drug-likeness (QED) is 0.712. The molecule has 102 valence electrons. The van der Waals surface area contributed by atoms with Crippen molar-refractivity contribution in [3.63, 3.8) is 0 Å². The van der Waals surface area contributed by atoms with Crippen LogP contribution in [0.5, 0.6) is 0 Å². The normalized spacial score (nSPS) is 14.9. The van der Waals surface area contributed by atoms with Crippen molar-refractivity contribution < 1.29 is 14.7 Å². The second-order valence-electron chi connectivity index (χ2n) is 4.42. The molecule has 0 aromatic heterocycles. The van der Waals surface area contributed by atoms with E-state index in [0.29, 0.717) is 13.1 Å². The third-order valence-corrected chi connectivity index (χ3v) is 4.31. The first kappa shape index (κ1) is 14.6. The van der Waals surface area contributed by atoms with Gasteiger partial charge in [0.1, 0.15) is 0 Å². The number of likely N-dealkylation sites (tertiary alicyclic amines) is 1. The van der Waals surface area contributed by atoms with Gasteiger partial charge < -0.3 is 15.3 Å². The van der Waals surface area contributed by atoms with E-state index in [0.717, 1.165) is 13.7 Å². The van der Waals surface area contributed by atoms with E-state index < -0.39 is 5.97 Å². The fraction of sp³-hybridized carbons (Fsp3) is 0.333. The average Bonchev–Trinajstić information content (AvgIpc) is 2.27. The average molecular weight is 439 g/mol. The van der Waals surface area contributed by atoms with Gasteiger partial charge in [0, 0.05) is 27.1 Å². The molecule has 0 bridgehead atoms. The number of nitrogens with zero attached hydrogens (tertiary/aromatic N) is 1. The predicted octanol–water partition coefficient (Wildman–Crippen LogP) is 2.99. The van der Waals surface area contributed by atoms with Crippen LogP contribution in [0.4, 0.5) is 10.5 Å². The topological polar surface area (TPSA) is 69.6 Å². The Morgan fingerprint density at radius 2 is 2.16 bits per heavy atom. The highest BCUT2D eigenvalue weighted by Crippen LogP contribution is 2.25. The molecule has 19 heavy (non-hydrogen) atoms. The maximum atomic E-state index is 11.9. The van der Waals surface area contributed by atoms with Gasteiger partial charge in [-0.05, 0) is 40.8 Å². The largest absolute Gasteiger partial charge is 0.481 e. The number of nitrogens with one attached hydrogen (secondary N) is 1. The van der Waals surface area contributed by atoms with Gasteiger partial charge in [-0.1, -0.05) is 15.9 Å². The number of rotatable bonds is 3. The van der Waals surface area contributed by atoms with Gasteiger partial charge in [0.15, 0.2) is 0 Å². The van der Waals surface area contributed by atoms with E-state index in [1.54, 1.807) is 4.90 Å². The van der Waals surface area contributed by atoms with Crippen molar-refractivity contribution in [2.45, 2.75) is 6.42 Å². The zero-order valence-corrected chi connectivity index (χ0v) is 13.6. The first-order valence-corrected chi connectivity index (χ1v) is 7.55. The van der Waals surface area contributed by atoms with Crippen LogP contribution in [0.2, 0.25) is 0 Å². The Kier molecular flexibility index (Phi) is 4.67. The van der Waals surface area contributed by atoms with Gasteiger partial charge in [0.25, 0.3) is 0 Å². The van der Waals surface area contributed by atoms with Crippen molar-refractivity contribution in [1.29, 1.82) is 0 Å². The summed E-state index contributed by atoms with van der Waals surface area (Å²) in [5.41, 5.74) is 0.752. The summed E-state index contributed by atoms with van der Waals surface area (Å²) in [7, 11) is 0. The van der Waals surface area contributed by atoms with Gasteiger partial charge in [0.05, 0.1) is 12.1 Å². The van der Waals surface area contributed by atoms with E-state index in [9.17, 15) is 9.59 Å². The lowest BCUT2D eigenvalue weighted by molar-refractivity contribution is -0.139. The van der Waals surface area contributed by atoms with Crippen molar-refractivity contribution in [2.75, 3.05) is 18.4 Å². The Balaban J connectivity index is 1.89. The Morgan fingerprint density at radius 1 is 1.47 bits per heavy atom. The minimum Gasteiger partial charge on any atom is -0.481 e. The monoisotopic (exact) mass is 438 g/mol. The van der Waals surface area contributed by atoms with E-state index in [1.165, 1.54) is 0 Å². The zero-order chi connectivity index (χ0) is 14.0. The molecule has 0 spiro atoms. The van der Waals surface area contributed by atoms with Gasteiger partial charge >= 0.3 is 12.0 Å². The smallest absolute Gasteiger partial charge is 0.321 e. The molecule has 1 aliphatic heterocycles. The summed E-state index contributed by atoms with van der Waals surface area (Å²) in [6.45, 7) is 1.01. The molecule has 1 heterocycles. The number of halogens is 2. The molecule has 5 nitrogen and oxygen atoms in total. The second-order valence-corrected chi connectivity index (χ2v) is 6.50. The molecule has 1 saturated heterocycles. The molecule has 2 N–H and O–H groups in total. The van der Waals surface area contributed by atoms with Crippen molar-refractivity contribution in [3.8, 4) is 0 Å². The third-order valence-electron chi connectivity index (χ3n) is 2.88. The Hall–Kier alpha value is -0.830. The van der Waals surface area contributed by atoms with Crippen LogP contribution < -0.4 is 5.32 Å². The van der Waals surface area contributed by atoms with Crippen LogP contribution in [-0.4, -0.2) is 35.1 Å². The molecule has 1 aromatic rings. The number of hydrogen-bond donors (Lipinski definition) is 2. The van der Waals surface area contributed by atoms with E-state index in [-0.39, 0.29) is 18.4 Å². The Morgan fingerprint density at radius 3 is 2.79 bits per heavy atom. The minimum absolute atomic E-state index is 0.0739. The van der Waals surface area contributed by atoms with E-state index in [4.69, 9.17) is 5.11 Å². The summed E-state index contributed by atoms with van der Waals surface area (Å²) in [4.78, 5) is 24.1. The van der Waals surface area contributed by atoms with E-state index in [1.807, 2.05) is 18.2 Å². The molecule has 0 saturated carbocycles. The highest BCUT2D eigenvalue weighted by atomic mass is 127. The first-order valence-electron chi connectivity index (χ1n) is 5.68. The highest BCUT2D eigenvalue weighted by Gasteiger charge is 2.32. The number of amides is 2. The van der Waals surface area contributed by atoms with Crippen LogP contribution in [0.3, 0.4) is 0 Å². The maximum absolute atomic E-state index is 11.9. The molecular weight excluding hydrogens is 427 g/mol. The van der Waals surface area contributed by atoms with Crippen molar-refractivity contribution in [3.05, 3.63) is 26.2 Å². The number of hydrogen-bond acceptors (Lipinski definition) is 2. The number of urea groups is 1. The maximum Gasteiger partial charge on any atom is 0.321 e. The third kappa shape index (κ3) is 3.82. The molecule has 1 aliphatic rings. The molecule has 2 amide bonds. The zero-order valence-electron chi connectivity index (χ0n) is 9.90. The number of carboxylic acid groups (broad SMARTS) is 1. The molecule has 0 unspecified atom stereocenters. The van der Waals surface area contributed by atoms with Gasteiger partial charge in [-0.15, -0.1) is 0 Å². The fourth-order valence-electron chi connectivity index (χ4n) is 1.90. The summed E-state index contributed by atoms with van der Waals surface area (Å²) in [6, 6.07) is 5.47. The van der Waals surface area contributed by atoms with Crippen LogP contribution in [0.15, 0.2) is 22.7 Å². The first-order chi connectivity index (χ1) is 8.95. The lowest BCUT2D eigenvalue weighted by atomic mass is 9.97. The number of aliphatic carboxylic acids is 1. The standard InChI is InChI=1S/C12H12BrIN2O3/c13-8-1-2-9(14)10(4-8)15-12(19)16-5-7(6-16)3-11(17)18/h1-2,4,7H,3,5-6H2,(H,15,19)(H,17,18). The fourth-order valence-corrected chi connectivity index (χ4v) is 2.73. The Bertz CT molecular complexity index is 518. The highest BCUT2D eigenvalue weighted by molar-refractivity contribution is 14.1. The number of benzene rings is 1. The van der Waals surface area contributed by atoms with Gasteiger partial charge in [-0.25, -0.2) is 4.79 Å². The summed E-state index contributed by atoms with van der Waals surface area (Å²) in [6.07, 6.45) is 0.123. The summed E-state index contributed by atoms with van der Waals surface area (Å²) in [5.74, 6) is -0.739. The van der Waals surface area contributed by atoms with E-state index >= 15 is 0 Å². The van der Waals surface area contributed by atoms with Gasteiger partial charge in [0.2, 0.25) is 0 Å². The molecule has 0 atom stereocenters. The number of carboxylic acids is 1. The number of carbonyl (C=O) groups excluding carboxylic acids is 1. The lowest BCUT2D eigenvalue weighted by Gasteiger charge is -2.38. The molecular formula is C12H12BrIN2O3. The molecule has 1 aromatic carbocycles. The number of anilines is 1. The lowest BCUT2D eigenvalue weighted by Crippen LogP contribution is -2.52. The van der Waals surface area contributed by atoms with Crippen LogP contribution in [0.25, 0.3) is 0 Å². The van der Waals surface area contributed by atoms with Crippen molar-refractivity contribution in [2.24, 2.45) is 5.92 Å². The summed E-state index contributed by atoms with van der Waals surface area (Å²) in [5, 5.41) is 11.5.